The van der Waals surface area contributed by atoms with E-state index < -0.39 is 0 Å². The molecule has 5 heterocycles. The quantitative estimate of drug-likeness (QED) is 0.127. The van der Waals surface area contributed by atoms with Crippen LogP contribution in [0.15, 0.2) is 427 Å². The summed E-state index contributed by atoms with van der Waals surface area (Å²) in [6.45, 7) is 28.8. The third-order valence-electron chi connectivity index (χ3n) is 34.4. The molecule has 0 saturated heterocycles. The number of benzene rings is 21. The second-order valence-electron chi connectivity index (χ2n) is 43.8. The number of furan rings is 2. The van der Waals surface area contributed by atoms with Gasteiger partial charge in [0.2, 0.25) is 0 Å². The fourth-order valence-electron chi connectivity index (χ4n) is 24.5. The van der Waals surface area contributed by atoms with Gasteiger partial charge in [-0.3, -0.25) is 0 Å². The van der Waals surface area contributed by atoms with Crippen LogP contribution >= 0.6 is 0 Å². The third-order valence-corrected chi connectivity index (χ3v) is 34.4. The number of hydrogen-bond donors (Lipinski definition) is 0. The number of hydrogen-bond acceptors (Lipinski definition) is 11. The standard InChI is InChI=1S/2C47H35N3O.C45H35N3/c1-46(2)38-21-10-8-16-32(38)34-27-24-30-29-18-12-19-35(31(29)25-26-33(30)42(34)47(46,3)4)44-48-43(28-14-6-5-7-15-28)49-45(50-44)37-20-13-23-40-41(37)36-17-9-11-22-39(36)51-40;1-46(2)39-16-10-8-14-33(39)37-25-24-32-36(42(37)47(46,3)4)23-20-28-18-19-30(26-38(28)32)44-48-43(29-12-6-5-7-13-29)49-45(50-44)31-21-22-35-34-15-9-11-17-40(34)51-41(35)27-31;1-44(2)39-17-11-10-16-36(39)38-25-24-35-34-22-21-33(27-31(34)20-23-37(35)40(38)45(44,3)4)43-47-41(29-13-6-5-7-14-29)46-42(48-43)32-19-18-28-12-8-9-15-30(28)26-32/h2*5-27H,1-4H3;5-27H,1-4H3. The summed E-state index contributed by atoms with van der Waals surface area (Å²) >= 11 is 0. The van der Waals surface area contributed by atoms with Crippen LogP contribution in [0.4, 0.5) is 0 Å². The first-order chi connectivity index (χ1) is 72.9. The predicted molar refractivity (Wildman–Crippen MR) is 620 cm³/mol. The zero-order chi connectivity index (χ0) is 102. The first-order valence-electron chi connectivity index (χ1n) is 51.9. The molecule has 0 amide bonds. The molecule has 3 aliphatic rings. The highest BCUT2D eigenvalue weighted by Gasteiger charge is 2.50. The Bertz CT molecular complexity index is 10100. The lowest BCUT2D eigenvalue weighted by Gasteiger charge is -2.49. The second kappa shape index (κ2) is 34.4. The molecular formula is C139H105N9O2. The van der Waals surface area contributed by atoms with Gasteiger partial charge in [0.1, 0.15) is 22.3 Å². The Kier molecular flexibility index (Phi) is 20.8. The zero-order valence-electron chi connectivity index (χ0n) is 85.7. The van der Waals surface area contributed by atoms with E-state index in [4.69, 9.17) is 53.7 Å². The lowest BCUT2D eigenvalue weighted by Crippen LogP contribution is -2.43. The van der Waals surface area contributed by atoms with Crippen molar-refractivity contribution in [2.75, 3.05) is 0 Å². The molecule has 0 bridgehead atoms. The average molecular weight is 1930 g/mol. The first kappa shape index (κ1) is 90.8. The molecule has 0 N–H and O–H groups in total. The molecule has 5 aromatic heterocycles. The van der Waals surface area contributed by atoms with Gasteiger partial charge in [-0.15, -0.1) is 0 Å². The van der Waals surface area contributed by atoms with Crippen LogP contribution < -0.4 is 0 Å². The highest BCUT2D eigenvalue weighted by molar-refractivity contribution is 6.18. The molecule has 0 saturated carbocycles. The van der Waals surface area contributed by atoms with Gasteiger partial charge in [0.15, 0.2) is 52.4 Å². The van der Waals surface area contributed by atoms with Crippen molar-refractivity contribution in [2.45, 2.75) is 116 Å². The van der Waals surface area contributed by atoms with E-state index in [9.17, 15) is 0 Å². The summed E-state index contributed by atoms with van der Waals surface area (Å²) in [6, 6.07) is 148. The van der Waals surface area contributed by atoms with Crippen molar-refractivity contribution in [1.82, 2.24) is 44.9 Å². The van der Waals surface area contributed by atoms with Crippen molar-refractivity contribution in [1.29, 1.82) is 0 Å². The van der Waals surface area contributed by atoms with E-state index in [2.05, 4.69) is 380 Å². The third kappa shape index (κ3) is 14.3. The summed E-state index contributed by atoms with van der Waals surface area (Å²) in [7, 11) is 0. The highest BCUT2D eigenvalue weighted by atomic mass is 16.3. The van der Waals surface area contributed by atoms with Crippen molar-refractivity contribution in [3.8, 4) is 136 Å². The molecule has 0 unspecified atom stereocenters. The van der Waals surface area contributed by atoms with E-state index in [-0.39, 0.29) is 32.5 Å². The predicted octanol–water partition coefficient (Wildman–Crippen LogP) is 36.2. The molecule has 21 aromatic carbocycles. The Morgan fingerprint density at radius 3 is 0.973 bits per heavy atom. The lowest BCUT2D eigenvalue weighted by molar-refractivity contribution is 0.301. The Balaban J connectivity index is 0.000000111. The van der Waals surface area contributed by atoms with Crippen LogP contribution in [0.2, 0.25) is 0 Å². The average Bonchev–Trinajstić information content (AvgIpc) is 0.770. The Labute approximate surface area is 870 Å². The minimum atomic E-state index is -0.104. The monoisotopic (exact) mass is 1930 g/mol. The second-order valence-corrected chi connectivity index (χ2v) is 43.8. The van der Waals surface area contributed by atoms with Gasteiger partial charge in [-0.1, -0.05) is 453 Å². The number of nitrogens with zero attached hydrogens (tertiary/aromatic N) is 9. The number of aromatic nitrogens is 9. The van der Waals surface area contributed by atoms with Crippen molar-refractivity contribution < 1.29 is 8.83 Å². The van der Waals surface area contributed by atoms with E-state index in [1.807, 2.05) is 121 Å². The molecule has 0 fully saturated rings. The molecule has 29 rings (SSSR count). The summed E-state index contributed by atoms with van der Waals surface area (Å²) in [6.07, 6.45) is 0. The number of para-hydroxylation sites is 2. The summed E-state index contributed by atoms with van der Waals surface area (Å²) in [5, 5.41) is 21.3. The molecule has 3 aliphatic carbocycles. The minimum Gasteiger partial charge on any atom is -0.456 e. The van der Waals surface area contributed by atoms with Crippen molar-refractivity contribution in [2.24, 2.45) is 0 Å². The maximum Gasteiger partial charge on any atom is 0.164 e. The molecule has 0 aliphatic heterocycles. The summed E-state index contributed by atoms with van der Waals surface area (Å²) in [5.41, 5.74) is 27.9. The Morgan fingerprint density at radius 1 is 0.147 bits per heavy atom. The highest BCUT2D eigenvalue weighted by Crippen LogP contribution is 2.61. The van der Waals surface area contributed by atoms with Crippen molar-refractivity contribution >= 4 is 119 Å². The van der Waals surface area contributed by atoms with E-state index >= 15 is 0 Å². The number of fused-ring (bicyclic) bond motifs is 28. The number of rotatable bonds is 9. The van der Waals surface area contributed by atoms with Gasteiger partial charge in [-0.2, -0.15) is 0 Å². The molecular weight excluding hydrogens is 1830 g/mol. The van der Waals surface area contributed by atoms with Crippen LogP contribution in [-0.4, -0.2) is 44.9 Å². The van der Waals surface area contributed by atoms with Gasteiger partial charge in [-0.05, 0) is 207 Å². The molecule has 11 heteroatoms. The summed E-state index contributed by atoms with van der Waals surface area (Å²) in [4.78, 5) is 45.7. The molecule has 0 spiro atoms. The van der Waals surface area contributed by atoms with E-state index in [0.717, 1.165) is 105 Å². The van der Waals surface area contributed by atoms with Crippen LogP contribution in [0, 0.1) is 0 Å². The van der Waals surface area contributed by atoms with Gasteiger partial charge < -0.3 is 8.83 Å². The van der Waals surface area contributed by atoms with Crippen LogP contribution in [0.3, 0.4) is 0 Å². The molecule has 11 nitrogen and oxygen atoms in total. The van der Waals surface area contributed by atoms with Gasteiger partial charge >= 0.3 is 0 Å². The zero-order valence-corrected chi connectivity index (χ0v) is 85.7. The van der Waals surface area contributed by atoms with Crippen LogP contribution in [-0.2, 0) is 32.5 Å². The largest absolute Gasteiger partial charge is 0.456 e. The molecule has 0 radical (unpaired) electrons. The van der Waals surface area contributed by atoms with Crippen LogP contribution in [0.25, 0.3) is 255 Å². The van der Waals surface area contributed by atoms with Crippen molar-refractivity contribution in [3.05, 3.63) is 452 Å². The summed E-state index contributed by atoms with van der Waals surface area (Å²) < 4.78 is 12.5. The van der Waals surface area contributed by atoms with Gasteiger partial charge in [0, 0.05) is 87.9 Å². The maximum atomic E-state index is 6.26. The molecule has 26 aromatic rings. The minimum absolute atomic E-state index is 0.0262. The van der Waals surface area contributed by atoms with E-state index in [1.54, 1.807) is 0 Å². The lowest BCUT2D eigenvalue weighted by atomic mass is 9.54. The van der Waals surface area contributed by atoms with Crippen molar-refractivity contribution in [3.63, 3.8) is 0 Å². The van der Waals surface area contributed by atoms with Crippen LogP contribution in [0.5, 0.6) is 0 Å². The van der Waals surface area contributed by atoms with E-state index in [0.29, 0.717) is 52.4 Å². The Morgan fingerprint density at radius 2 is 0.447 bits per heavy atom. The Hall–Kier alpha value is -17.9. The van der Waals surface area contributed by atoms with Gasteiger partial charge in [-0.25, -0.2) is 44.9 Å². The van der Waals surface area contributed by atoms with Crippen LogP contribution in [0.1, 0.15) is 116 Å². The topological polar surface area (TPSA) is 142 Å². The van der Waals surface area contributed by atoms with Gasteiger partial charge in [0.05, 0.1) is 0 Å². The molecule has 150 heavy (non-hydrogen) atoms. The SMILES string of the molecule is CC1(C)c2ccccc2-c2ccc3c(ccc4c(-c5nc(-c6ccccc6)nc(-c6cccc7oc8ccccc8c67)n5)cccc43)c2C1(C)C.CC1(C)c2ccccc2-c2ccc3c(ccc4cc(-c5nc(-c6ccccc6)nc(-c6ccc7ccccc7c6)n5)ccc43)c2C1(C)C.CC1(C)c2ccccc2-c2ccc3c(ccc4ccc(-c5nc(-c6ccccc6)nc(-c6ccc7c(c6)oc6ccccc67)n5)cc43)c2C1(C)C. The normalized spacial score (nSPS) is 14.6. The smallest absolute Gasteiger partial charge is 0.164 e. The van der Waals surface area contributed by atoms with Gasteiger partial charge in [0.25, 0.3) is 0 Å². The molecule has 718 valence electrons. The van der Waals surface area contributed by atoms with E-state index in [1.165, 1.54) is 131 Å². The maximum absolute atomic E-state index is 6.26. The fourth-order valence-corrected chi connectivity index (χ4v) is 24.5. The molecule has 0 atom stereocenters. The fraction of sp³-hybridized carbons (Fsp3) is 0.129. The first-order valence-corrected chi connectivity index (χ1v) is 51.9. The summed E-state index contributed by atoms with van der Waals surface area (Å²) in [5.74, 6) is 5.77.